The third-order valence-electron chi connectivity index (χ3n) is 3.12. The molecule has 2 N–H and O–H groups in total. The van der Waals surface area contributed by atoms with Gasteiger partial charge in [0.05, 0.1) is 21.6 Å². The Bertz CT molecular complexity index is 737. The minimum atomic E-state index is -0.981. The molecule has 8 heteroatoms. The summed E-state index contributed by atoms with van der Waals surface area (Å²) in [5.41, 5.74) is 0.694. The van der Waals surface area contributed by atoms with E-state index in [0.717, 1.165) is 0 Å². The summed E-state index contributed by atoms with van der Waals surface area (Å²) in [6, 6.07) is 10.4. The number of halogens is 2. The fraction of sp³-hybridized carbons (Fsp3) is 0.133. The lowest BCUT2D eigenvalue weighted by Crippen LogP contribution is -2.28. The highest BCUT2D eigenvalue weighted by Gasteiger charge is 2.14. The van der Waals surface area contributed by atoms with Gasteiger partial charge in [0.1, 0.15) is 0 Å². The second-order valence-electron chi connectivity index (χ2n) is 4.70. The van der Waals surface area contributed by atoms with Crippen LogP contribution in [0.5, 0.6) is 0 Å². The average molecular weight is 400 g/mol. The van der Waals surface area contributed by atoms with Crippen LogP contribution >= 0.6 is 27.5 Å². The number of nitrogens with one attached hydrogen (secondary N) is 1. The van der Waals surface area contributed by atoms with Crippen molar-refractivity contribution in [2.24, 2.45) is 0 Å². The van der Waals surface area contributed by atoms with E-state index in [0.29, 0.717) is 15.1 Å². The van der Waals surface area contributed by atoms with E-state index in [-0.39, 0.29) is 17.8 Å². The number of aliphatic hydroxyl groups is 1. The van der Waals surface area contributed by atoms with Gasteiger partial charge < -0.3 is 10.4 Å². The molecule has 2 aromatic carbocycles. The van der Waals surface area contributed by atoms with E-state index in [1.54, 1.807) is 18.2 Å². The van der Waals surface area contributed by atoms with Crippen LogP contribution in [0.25, 0.3) is 0 Å². The van der Waals surface area contributed by atoms with Crippen molar-refractivity contribution in [3.05, 3.63) is 73.2 Å². The van der Waals surface area contributed by atoms with Crippen molar-refractivity contribution >= 4 is 39.1 Å². The van der Waals surface area contributed by atoms with Crippen LogP contribution in [0, 0.1) is 10.1 Å². The highest BCUT2D eigenvalue weighted by molar-refractivity contribution is 9.10. The predicted octanol–water partition coefficient (Wildman–Crippen LogP) is 3.47. The van der Waals surface area contributed by atoms with Gasteiger partial charge in [0.2, 0.25) is 0 Å². The molecule has 0 aromatic heterocycles. The Balaban J connectivity index is 2.00. The molecule has 1 amide bonds. The summed E-state index contributed by atoms with van der Waals surface area (Å²) in [6.45, 7) is -0.0422. The number of non-ortho nitro benzene ring substituents is 1. The van der Waals surface area contributed by atoms with Crippen LogP contribution in [0.2, 0.25) is 5.02 Å². The van der Waals surface area contributed by atoms with Crippen molar-refractivity contribution in [2.45, 2.75) is 6.10 Å². The normalized spacial score (nSPS) is 11.8. The Morgan fingerprint density at radius 1 is 1.30 bits per heavy atom. The molecule has 0 spiro atoms. The number of nitrogens with zero attached hydrogens (tertiary/aromatic N) is 1. The van der Waals surface area contributed by atoms with Crippen molar-refractivity contribution in [3.8, 4) is 0 Å². The van der Waals surface area contributed by atoms with Gasteiger partial charge in [-0.3, -0.25) is 14.9 Å². The maximum absolute atomic E-state index is 12.1. The van der Waals surface area contributed by atoms with Crippen LogP contribution in [0.15, 0.2) is 46.9 Å². The zero-order valence-corrected chi connectivity index (χ0v) is 14.0. The summed E-state index contributed by atoms with van der Waals surface area (Å²) in [4.78, 5) is 22.1. The van der Waals surface area contributed by atoms with Gasteiger partial charge in [-0.25, -0.2) is 0 Å². The fourth-order valence-corrected chi connectivity index (χ4v) is 2.46. The smallest absolute Gasteiger partial charge is 0.269 e. The molecule has 0 fully saturated rings. The number of nitro groups is 1. The number of rotatable bonds is 5. The maximum Gasteiger partial charge on any atom is 0.269 e. The van der Waals surface area contributed by atoms with Crippen molar-refractivity contribution in [1.29, 1.82) is 0 Å². The lowest BCUT2D eigenvalue weighted by atomic mass is 10.1. The minimum Gasteiger partial charge on any atom is -0.387 e. The number of nitro benzene ring substituents is 1. The number of carbonyl (C=O) groups excluding carboxylic acids is 1. The summed E-state index contributed by atoms with van der Waals surface area (Å²) in [5.74, 6) is -0.419. The third kappa shape index (κ3) is 4.51. The Morgan fingerprint density at radius 3 is 2.57 bits per heavy atom. The average Bonchev–Trinajstić information content (AvgIpc) is 2.54. The van der Waals surface area contributed by atoms with Crippen LogP contribution in [0.4, 0.5) is 5.69 Å². The summed E-state index contributed by atoms with van der Waals surface area (Å²) < 4.78 is 0.711. The third-order valence-corrected chi connectivity index (χ3v) is 3.94. The number of aliphatic hydroxyl groups excluding tert-OH is 1. The van der Waals surface area contributed by atoms with Gasteiger partial charge in [0, 0.05) is 23.2 Å². The Morgan fingerprint density at radius 2 is 1.96 bits per heavy atom. The molecule has 0 radical (unpaired) electrons. The zero-order valence-electron chi connectivity index (χ0n) is 11.7. The summed E-state index contributed by atoms with van der Waals surface area (Å²) >= 11 is 9.22. The number of carbonyl (C=O) groups is 1. The number of hydrogen-bond donors (Lipinski definition) is 2. The van der Waals surface area contributed by atoms with Gasteiger partial charge in [-0.05, 0) is 35.9 Å². The van der Waals surface area contributed by atoms with Crippen LogP contribution in [0.1, 0.15) is 22.0 Å². The number of hydrogen-bond acceptors (Lipinski definition) is 4. The van der Waals surface area contributed by atoms with Gasteiger partial charge >= 0.3 is 0 Å². The van der Waals surface area contributed by atoms with Crippen LogP contribution in [0.3, 0.4) is 0 Å². The van der Waals surface area contributed by atoms with E-state index in [1.807, 2.05) is 0 Å². The van der Waals surface area contributed by atoms with Crippen molar-refractivity contribution in [3.63, 3.8) is 0 Å². The molecule has 0 saturated carbocycles. The molecule has 0 aliphatic carbocycles. The molecule has 0 saturated heterocycles. The van der Waals surface area contributed by atoms with E-state index < -0.39 is 16.9 Å². The molecule has 6 nitrogen and oxygen atoms in total. The topological polar surface area (TPSA) is 92.5 Å². The Hall–Kier alpha value is -1.96. The molecule has 0 aliphatic rings. The molecule has 0 aliphatic heterocycles. The van der Waals surface area contributed by atoms with Gasteiger partial charge in [-0.2, -0.15) is 0 Å². The summed E-state index contributed by atoms with van der Waals surface area (Å²) in [7, 11) is 0. The standard InChI is InChI=1S/C15H12BrClN2O4/c16-10-3-6-13(17)12(7-10)15(21)18-8-14(20)9-1-4-11(5-2-9)19(22)23/h1-7,14,20H,8H2,(H,18,21). The van der Waals surface area contributed by atoms with E-state index >= 15 is 0 Å². The highest BCUT2D eigenvalue weighted by atomic mass is 79.9. The Labute approximate surface area is 145 Å². The molecule has 2 rings (SSSR count). The minimum absolute atomic E-state index is 0.0422. The summed E-state index contributed by atoms with van der Waals surface area (Å²) in [6.07, 6.45) is -0.981. The highest BCUT2D eigenvalue weighted by Crippen LogP contribution is 2.21. The van der Waals surface area contributed by atoms with Gasteiger partial charge in [-0.1, -0.05) is 27.5 Å². The zero-order chi connectivity index (χ0) is 17.0. The molecule has 0 heterocycles. The second-order valence-corrected chi connectivity index (χ2v) is 6.02. The number of amides is 1. The second kappa shape index (κ2) is 7.54. The SMILES string of the molecule is O=C(NCC(O)c1ccc([N+](=O)[O-])cc1)c1cc(Br)ccc1Cl. The molecular formula is C15H12BrClN2O4. The van der Waals surface area contributed by atoms with Crippen LogP contribution in [-0.2, 0) is 0 Å². The molecule has 0 bridgehead atoms. The first-order chi connectivity index (χ1) is 10.9. The fourth-order valence-electron chi connectivity index (χ4n) is 1.89. The largest absolute Gasteiger partial charge is 0.387 e. The lowest BCUT2D eigenvalue weighted by molar-refractivity contribution is -0.384. The molecule has 23 heavy (non-hydrogen) atoms. The predicted molar refractivity (Wildman–Crippen MR) is 89.5 cm³/mol. The van der Waals surface area contributed by atoms with Crippen LogP contribution in [-0.4, -0.2) is 22.5 Å². The Kier molecular flexibility index (Phi) is 5.70. The molecule has 120 valence electrons. The van der Waals surface area contributed by atoms with Crippen molar-refractivity contribution < 1.29 is 14.8 Å². The first kappa shape index (κ1) is 17.4. The first-order valence-corrected chi connectivity index (χ1v) is 7.71. The molecular weight excluding hydrogens is 388 g/mol. The van der Waals surface area contributed by atoms with Gasteiger partial charge in [0.15, 0.2) is 0 Å². The van der Waals surface area contributed by atoms with Crippen LogP contribution < -0.4 is 5.32 Å². The maximum atomic E-state index is 12.1. The van der Waals surface area contributed by atoms with Crippen molar-refractivity contribution in [2.75, 3.05) is 6.54 Å². The van der Waals surface area contributed by atoms with Gasteiger partial charge in [0.25, 0.3) is 11.6 Å². The monoisotopic (exact) mass is 398 g/mol. The molecule has 2 aromatic rings. The van der Waals surface area contributed by atoms with Crippen molar-refractivity contribution in [1.82, 2.24) is 5.32 Å². The van der Waals surface area contributed by atoms with E-state index in [9.17, 15) is 20.0 Å². The quantitative estimate of drug-likeness (QED) is 0.595. The van der Waals surface area contributed by atoms with Gasteiger partial charge in [-0.15, -0.1) is 0 Å². The first-order valence-electron chi connectivity index (χ1n) is 6.54. The lowest BCUT2D eigenvalue weighted by Gasteiger charge is -2.13. The van der Waals surface area contributed by atoms with E-state index in [1.165, 1.54) is 24.3 Å². The molecule has 1 atom stereocenters. The number of benzene rings is 2. The van der Waals surface area contributed by atoms with E-state index in [4.69, 9.17) is 11.6 Å². The van der Waals surface area contributed by atoms with E-state index in [2.05, 4.69) is 21.2 Å². The summed E-state index contributed by atoms with van der Waals surface area (Å²) in [5, 5.41) is 23.5. The molecule has 1 unspecified atom stereocenters.